The van der Waals surface area contributed by atoms with Crippen LogP contribution in [0.3, 0.4) is 0 Å². The summed E-state index contributed by atoms with van der Waals surface area (Å²) in [4.78, 5) is 23.2. The van der Waals surface area contributed by atoms with E-state index in [0.717, 1.165) is 6.42 Å². The summed E-state index contributed by atoms with van der Waals surface area (Å²) in [5, 5.41) is 0. The lowest BCUT2D eigenvalue weighted by Gasteiger charge is -2.13. The van der Waals surface area contributed by atoms with Crippen molar-refractivity contribution in [1.82, 2.24) is 0 Å². The summed E-state index contributed by atoms with van der Waals surface area (Å²) in [6.45, 7) is 2.33. The van der Waals surface area contributed by atoms with Crippen molar-refractivity contribution < 1.29 is 23.8 Å². The molecule has 98 valence electrons. The number of carbonyl (C=O) groups is 2. The zero-order chi connectivity index (χ0) is 13.5. The van der Waals surface area contributed by atoms with Crippen LogP contribution < -0.4 is 4.74 Å². The normalized spacial score (nSPS) is 9.72. The fraction of sp³-hybridized carbons (Fsp3) is 0.385. The topological polar surface area (TPSA) is 61.8 Å². The second-order valence-electron chi connectivity index (χ2n) is 3.51. The van der Waals surface area contributed by atoms with Gasteiger partial charge in [-0.15, -0.1) is 0 Å². The van der Waals surface area contributed by atoms with Gasteiger partial charge >= 0.3 is 11.9 Å². The number of hydrogen-bond donors (Lipinski definition) is 0. The Balaban J connectivity index is 3.25. The fourth-order valence-electron chi connectivity index (χ4n) is 1.44. The first-order chi connectivity index (χ1) is 8.65. The number of ether oxygens (including phenoxy) is 3. The molecule has 1 aromatic rings. The lowest BCUT2D eigenvalue weighted by atomic mass is 10.1. The average Bonchev–Trinajstić information content (AvgIpc) is 2.42. The van der Waals surface area contributed by atoms with Crippen LogP contribution >= 0.6 is 0 Å². The van der Waals surface area contributed by atoms with E-state index >= 15 is 0 Å². The molecule has 0 saturated carbocycles. The maximum atomic E-state index is 11.6. The van der Waals surface area contributed by atoms with Crippen molar-refractivity contribution in [3.63, 3.8) is 0 Å². The van der Waals surface area contributed by atoms with Gasteiger partial charge in [-0.2, -0.15) is 0 Å². The van der Waals surface area contributed by atoms with E-state index in [1.165, 1.54) is 14.2 Å². The van der Waals surface area contributed by atoms with Crippen LogP contribution in [0.4, 0.5) is 0 Å². The Morgan fingerprint density at radius 3 is 1.94 bits per heavy atom. The number of carbonyl (C=O) groups excluding carboxylic acids is 2. The minimum absolute atomic E-state index is 0.207. The molecule has 18 heavy (non-hydrogen) atoms. The second kappa shape index (κ2) is 6.64. The van der Waals surface area contributed by atoms with Gasteiger partial charge in [-0.25, -0.2) is 9.59 Å². The van der Waals surface area contributed by atoms with Crippen LogP contribution in [0.25, 0.3) is 0 Å². The molecule has 1 aromatic carbocycles. The van der Waals surface area contributed by atoms with E-state index in [1.807, 2.05) is 6.92 Å². The van der Waals surface area contributed by atoms with Crippen LogP contribution in [0.2, 0.25) is 0 Å². The van der Waals surface area contributed by atoms with E-state index in [-0.39, 0.29) is 16.9 Å². The Kier molecular flexibility index (Phi) is 5.17. The Bertz CT molecular complexity index is 405. The van der Waals surface area contributed by atoms with Crippen molar-refractivity contribution in [1.29, 1.82) is 0 Å². The number of rotatable bonds is 5. The van der Waals surface area contributed by atoms with Gasteiger partial charge in [0.15, 0.2) is 0 Å². The predicted molar refractivity (Wildman–Crippen MR) is 64.9 cm³/mol. The van der Waals surface area contributed by atoms with Crippen molar-refractivity contribution in [2.24, 2.45) is 0 Å². The van der Waals surface area contributed by atoms with E-state index in [9.17, 15) is 9.59 Å². The molecule has 1 rings (SSSR count). The van der Waals surface area contributed by atoms with E-state index in [1.54, 1.807) is 18.2 Å². The van der Waals surface area contributed by atoms with Crippen LogP contribution in [-0.2, 0) is 9.47 Å². The van der Waals surface area contributed by atoms with E-state index < -0.39 is 11.9 Å². The average molecular weight is 252 g/mol. The molecule has 5 nitrogen and oxygen atoms in total. The minimum atomic E-state index is -0.549. The summed E-state index contributed by atoms with van der Waals surface area (Å²) in [6, 6.07) is 4.67. The predicted octanol–water partition coefficient (Wildman–Crippen LogP) is 2.05. The molecule has 0 aromatic heterocycles. The van der Waals surface area contributed by atoms with Crippen molar-refractivity contribution in [2.75, 3.05) is 20.8 Å². The molecule has 0 N–H and O–H groups in total. The summed E-state index contributed by atoms with van der Waals surface area (Å²) >= 11 is 0. The van der Waals surface area contributed by atoms with Gasteiger partial charge in [0, 0.05) is 0 Å². The van der Waals surface area contributed by atoms with Crippen LogP contribution in [0, 0.1) is 0 Å². The molecule has 0 fully saturated rings. The second-order valence-corrected chi connectivity index (χ2v) is 3.51. The SMILES string of the molecule is CCCOc1c(C(=O)OC)cccc1C(=O)OC. The van der Waals surface area contributed by atoms with Gasteiger partial charge in [-0.1, -0.05) is 13.0 Å². The number of para-hydroxylation sites is 1. The lowest BCUT2D eigenvalue weighted by Crippen LogP contribution is -2.12. The highest BCUT2D eigenvalue weighted by Crippen LogP contribution is 2.25. The quantitative estimate of drug-likeness (QED) is 0.750. The van der Waals surface area contributed by atoms with Crippen molar-refractivity contribution in [3.8, 4) is 5.75 Å². The molecule has 0 heterocycles. The highest BCUT2D eigenvalue weighted by Gasteiger charge is 2.21. The summed E-state index contributed by atoms with van der Waals surface area (Å²) in [7, 11) is 2.55. The maximum absolute atomic E-state index is 11.6. The summed E-state index contributed by atoms with van der Waals surface area (Å²) in [5.74, 6) is -0.892. The number of esters is 2. The van der Waals surface area contributed by atoms with E-state index in [4.69, 9.17) is 4.74 Å². The van der Waals surface area contributed by atoms with Crippen molar-refractivity contribution >= 4 is 11.9 Å². The highest BCUT2D eigenvalue weighted by atomic mass is 16.5. The molecule has 0 bridgehead atoms. The van der Waals surface area contributed by atoms with Gasteiger partial charge in [0.25, 0.3) is 0 Å². The Labute approximate surface area is 106 Å². The number of benzene rings is 1. The molecule has 0 saturated heterocycles. The zero-order valence-corrected chi connectivity index (χ0v) is 10.7. The van der Waals surface area contributed by atoms with Crippen LogP contribution in [0.15, 0.2) is 18.2 Å². The molecular formula is C13H16O5. The third kappa shape index (κ3) is 3.00. The molecular weight excluding hydrogens is 236 g/mol. The highest BCUT2D eigenvalue weighted by molar-refractivity contribution is 6.00. The molecule has 0 amide bonds. The minimum Gasteiger partial charge on any atom is -0.492 e. The Hall–Kier alpha value is -2.04. The Morgan fingerprint density at radius 2 is 1.56 bits per heavy atom. The monoisotopic (exact) mass is 252 g/mol. The zero-order valence-electron chi connectivity index (χ0n) is 10.7. The number of hydrogen-bond acceptors (Lipinski definition) is 5. The standard InChI is InChI=1S/C13H16O5/c1-4-8-18-11-9(12(14)16-2)6-5-7-10(11)13(15)17-3/h5-7H,4,8H2,1-3H3. The van der Waals surface area contributed by atoms with Crippen LogP contribution in [0.5, 0.6) is 5.75 Å². The largest absolute Gasteiger partial charge is 0.492 e. The van der Waals surface area contributed by atoms with Crippen LogP contribution in [-0.4, -0.2) is 32.8 Å². The van der Waals surface area contributed by atoms with Gasteiger partial charge < -0.3 is 14.2 Å². The first-order valence-electron chi connectivity index (χ1n) is 5.58. The molecule has 0 aliphatic rings. The molecule has 0 unspecified atom stereocenters. The first-order valence-corrected chi connectivity index (χ1v) is 5.58. The third-order valence-corrected chi connectivity index (χ3v) is 2.28. The summed E-state index contributed by atoms with van der Waals surface area (Å²) in [5.41, 5.74) is 0.433. The van der Waals surface area contributed by atoms with Gasteiger partial charge in [0.2, 0.25) is 0 Å². The molecule has 0 spiro atoms. The van der Waals surface area contributed by atoms with E-state index in [0.29, 0.717) is 6.61 Å². The van der Waals surface area contributed by atoms with Gasteiger partial charge in [0.05, 0.1) is 20.8 Å². The first kappa shape index (κ1) is 14.0. The molecule has 5 heteroatoms. The van der Waals surface area contributed by atoms with E-state index in [2.05, 4.69) is 9.47 Å². The van der Waals surface area contributed by atoms with Crippen LogP contribution in [0.1, 0.15) is 34.1 Å². The number of methoxy groups -OCH3 is 2. The molecule has 0 aliphatic carbocycles. The smallest absolute Gasteiger partial charge is 0.341 e. The molecule has 0 aliphatic heterocycles. The van der Waals surface area contributed by atoms with Crippen molar-refractivity contribution in [3.05, 3.63) is 29.3 Å². The van der Waals surface area contributed by atoms with Gasteiger partial charge in [-0.3, -0.25) is 0 Å². The molecule has 0 radical (unpaired) electrons. The van der Waals surface area contributed by atoms with Gasteiger partial charge in [0.1, 0.15) is 16.9 Å². The Morgan fingerprint density at radius 1 is 1.06 bits per heavy atom. The third-order valence-electron chi connectivity index (χ3n) is 2.28. The summed E-state index contributed by atoms with van der Waals surface area (Å²) < 4.78 is 14.8. The summed E-state index contributed by atoms with van der Waals surface area (Å²) in [6.07, 6.45) is 0.760. The molecule has 0 atom stereocenters. The van der Waals surface area contributed by atoms with Crippen molar-refractivity contribution in [2.45, 2.75) is 13.3 Å². The fourth-order valence-corrected chi connectivity index (χ4v) is 1.44. The maximum Gasteiger partial charge on any atom is 0.341 e. The van der Waals surface area contributed by atoms with Gasteiger partial charge in [-0.05, 0) is 18.6 Å². The lowest BCUT2D eigenvalue weighted by molar-refractivity contribution is 0.0590.